The number of nitrogens with two attached hydrogens (primary N) is 1. The molecule has 0 fully saturated rings. The van der Waals surface area contributed by atoms with Crippen molar-refractivity contribution in [2.24, 2.45) is 0 Å². The molecule has 38 heavy (non-hydrogen) atoms. The van der Waals surface area contributed by atoms with Crippen LogP contribution in [0, 0.1) is 0 Å². The number of esters is 1. The first-order valence-corrected chi connectivity index (χ1v) is 14.4. The lowest BCUT2D eigenvalue weighted by Gasteiger charge is -2.24. The zero-order valence-electron chi connectivity index (χ0n) is 22.6. The smallest absolute Gasteiger partial charge is 0.465 e. The third kappa shape index (κ3) is 10.5. The molecule has 2 aromatic heterocycles. The van der Waals surface area contributed by atoms with Crippen LogP contribution in [-0.4, -0.2) is 69.6 Å². The van der Waals surface area contributed by atoms with Crippen molar-refractivity contribution < 1.29 is 37.6 Å². The number of carbonyl (C=O) groups excluding carboxylic acids is 2. The Labute approximate surface area is 222 Å². The summed E-state index contributed by atoms with van der Waals surface area (Å²) < 4.78 is 41.4. The largest absolute Gasteiger partial charge is 0.510 e. The van der Waals surface area contributed by atoms with Gasteiger partial charge in [0.05, 0.1) is 31.7 Å². The summed E-state index contributed by atoms with van der Waals surface area (Å²) in [5.74, 6) is -0.327. The van der Waals surface area contributed by atoms with Crippen LogP contribution in [0.4, 0.5) is 10.6 Å². The monoisotopic (exact) mass is 558 g/mol. The van der Waals surface area contributed by atoms with Crippen LogP contribution in [-0.2, 0) is 39.4 Å². The number of anilines is 1. The normalized spacial score (nSPS) is 14.7. The Hall–Kier alpha value is -2.80. The quantitative estimate of drug-likeness (QED) is 0.125. The summed E-state index contributed by atoms with van der Waals surface area (Å²) in [6.07, 6.45) is 4.43. The highest BCUT2D eigenvalue weighted by Gasteiger charge is 2.31. The highest BCUT2D eigenvalue weighted by atomic mass is 31.2. The van der Waals surface area contributed by atoms with Crippen molar-refractivity contribution in [2.75, 3.05) is 25.5 Å². The first kappa shape index (κ1) is 31.4. The number of nitrogens with one attached hydrogen (secondary N) is 1. The number of rotatable bonds is 17. The van der Waals surface area contributed by atoms with Gasteiger partial charge in [-0.05, 0) is 34.1 Å². The Morgan fingerprint density at radius 1 is 1.11 bits per heavy atom. The van der Waals surface area contributed by atoms with E-state index < -0.39 is 51.0 Å². The zero-order chi connectivity index (χ0) is 28.1. The van der Waals surface area contributed by atoms with E-state index in [0.717, 1.165) is 25.7 Å². The minimum absolute atomic E-state index is 0.256. The summed E-state index contributed by atoms with van der Waals surface area (Å²) in [5, 5.41) is 2.66. The average Bonchev–Trinajstić information content (AvgIpc) is 3.26. The third-order valence-electron chi connectivity index (χ3n) is 5.17. The maximum Gasteiger partial charge on any atom is 0.510 e. The molecule has 14 nitrogen and oxygen atoms in total. The fourth-order valence-electron chi connectivity index (χ4n) is 3.26. The number of hydrogen-bond donors (Lipinski definition) is 2. The number of unbranched alkanes of at least 4 members (excludes halogenated alkanes) is 3. The second-order valence-electron chi connectivity index (χ2n) is 8.99. The summed E-state index contributed by atoms with van der Waals surface area (Å²) >= 11 is 0. The Morgan fingerprint density at radius 2 is 1.87 bits per heavy atom. The van der Waals surface area contributed by atoms with Crippen LogP contribution >= 0.6 is 7.52 Å². The van der Waals surface area contributed by atoms with E-state index in [1.807, 2.05) is 0 Å². The second-order valence-corrected chi connectivity index (χ2v) is 11.1. The van der Waals surface area contributed by atoms with Crippen LogP contribution in [0.15, 0.2) is 12.7 Å². The Bertz CT molecular complexity index is 1080. The lowest BCUT2D eigenvalue weighted by atomic mass is 10.2. The topological polar surface area (TPSA) is 179 Å². The van der Waals surface area contributed by atoms with Crippen molar-refractivity contribution in [3.8, 4) is 0 Å². The van der Waals surface area contributed by atoms with Gasteiger partial charge in [0, 0.05) is 0 Å². The molecule has 0 spiro atoms. The highest BCUT2D eigenvalue weighted by Crippen LogP contribution is 2.43. The highest BCUT2D eigenvalue weighted by molar-refractivity contribution is 7.56. The molecule has 2 heterocycles. The fourth-order valence-corrected chi connectivity index (χ4v) is 4.85. The molecule has 2 rings (SSSR count). The van der Waals surface area contributed by atoms with Gasteiger partial charge in [0.15, 0.2) is 11.5 Å². The molecule has 0 aliphatic heterocycles. The number of ether oxygens (including phenoxy) is 4. The first-order valence-electron chi connectivity index (χ1n) is 12.6. The van der Waals surface area contributed by atoms with E-state index in [1.54, 1.807) is 31.7 Å². The van der Waals surface area contributed by atoms with E-state index in [2.05, 4.69) is 27.0 Å². The minimum Gasteiger partial charge on any atom is -0.465 e. The van der Waals surface area contributed by atoms with E-state index >= 15 is 0 Å². The fraction of sp³-hybridized carbons (Fsp3) is 0.696. The van der Waals surface area contributed by atoms with Gasteiger partial charge in [-0.25, -0.2) is 24.8 Å². The molecule has 0 aromatic carbocycles. The molecule has 0 amide bonds. The SMILES string of the molecule is CCCCCCOC(=O)[C@H](C)NP(=O)(CO[C@H](C)Cn1cnc2c(N)ncnc21)OCOC(=O)OC(C)C. The number of aromatic nitrogens is 4. The number of hydrogen-bond acceptors (Lipinski definition) is 12. The Kier molecular flexibility index (Phi) is 12.9. The van der Waals surface area contributed by atoms with Crippen molar-refractivity contribution in [3.63, 3.8) is 0 Å². The van der Waals surface area contributed by atoms with Gasteiger partial charge in [-0.2, -0.15) is 0 Å². The zero-order valence-corrected chi connectivity index (χ0v) is 23.5. The van der Waals surface area contributed by atoms with Crippen LogP contribution in [0.3, 0.4) is 0 Å². The number of nitrogens with zero attached hydrogens (tertiary/aromatic N) is 4. The van der Waals surface area contributed by atoms with Crippen molar-refractivity contribution in [3.05, 3.63) is 12.7 Å². The molecule has 15 heteroatoms. The second kappa shape index (κ2) is 15.6. The molecule has 214 valence electrons. The predicted molar refractivity (Wildman–Crippen MR) is 139 cm³/mol. The summed E-state index contributed by atoms with van der Waals surface area (Å²) in [7, 11) is -3.85. The van der Waals surface area contributed by atoms with Gasteiger partial charge in [0.1, 0.15) is 24.2 Å². The summed E-state index contributed by atoms with van der Waals surface area (Å²) in [4.78, 5) is 36.4. The van der Waals surface area contributed by atoms with Gasteiger partial charge in [-0.3, -0.25) is 13.9 Å². The molecule has 0 aliphatic rings. The van der Waals surface area contributed by atoms with Gasteiger partial charge < -0.3 is 29.2 Å². The van der Waals surface area contributed by atoms with Crippen molar-refractivity contribution in [1.29, 1.82) is 0 Å². The van der Waals surface area contributed by atoms with Crippen molar-refractivity contribution in [2.45, 2.75) is 85.1 Å². The van der Waals surface area contributed by atoms with E-state index in [4.69, 9.17) is 29.2 Å². The predicted octanol–water partition coefficient (Wildman–Crippen LogP) is 3.60. The van der Waals surface area contributed by atoms with Crippen LogP contribution < -0.4 is 10.8 Å². The summed E-state index contributed by atoms with van der Waals surface area (Å²) in [6.45, 7) is 8.56. The minimum atomic E-state index is -3.85. The maximum absolute atomic E-state index is 13.6. The van der Waals surface area contributed by atoms with Crippen LogP contribution in [0.1, 0.15) is 60.3 Å². The number of imidazole rings is 1. The molecule has 2 aromatic rings. The lowest BCUT2D eigenvalue weighted by molar-refractivity contribution is -0.145. The van der Waals surface area contributed by atoms with Gasteiger partial charge in [-0.15, -0.1) is 0 Å². The molecular formula is C23H39N6O8P. The molecule has 3 atom stereocenters. The first-order chi connectivity index (χ1) is 18.0. The standard InChI is InChI=1S/C23H39N6O8P/c1-6-7-8-9-10-33-22(30)18(5)28-38(32,36-14-34-23(31)37-16(2)3)15-35-17(4)11-29-13-27-19-20(24)25-12-26-21(19)29/h12-13,16-18H,6-11,14-15H2,1-5H3,(H,28,32)(H2,24,25,26)/t17-,18+,38?/m1/s1. The Balaban J connectivity index is 1.98. The van der Waals surface area contributed by atoms with E-state index in [9.17, 15) is 14.2 Å². The molecular weight excluding hydrogens is 519 g/mol. The number of nitrogen functional groups attached to an aromatic ring is 1. The van der Waals surface area contributed by atoms with Gasteiger partial charge in [0.25, 0.3) is 7.52 Å². The summed E-state index contributed by atoms with van der Waals surface area (Å²) in [5.41, 5.74) is 6.82. The van der Waals surface area contributed by atoms with Gasteiger partial charge >= 0.3 is 12.1 Å². The van der Waals surface area contributed by atoms with Crippen LogP contribution in [0.5, 0.6) is 0 Å². The number of fused-ring (bicyclic) bond motifs is 1. The number of carbonyl (C=O) groups is 2. The van der Waals surface area contributed by atoms with Crippen molar-refractivity contribution >= 4 is 36.6 Å². The molecule has 1 unspecified atom stereocenters. The lowest BCUT2D eigenvalue weighted by Crippen LogP contribution is -2.35. The van der Waals surface area contributed by atoms with E-state index in [1.165, 1.54) is 13.3 Å². The van der Waals surface area contributed by atoms with Crippen LogP contribution in [0.2, 0.25) is 0 Å². The average molecular weight is 559 g/mol. The molecule has 0 bridgehead atoms. The molecule has 0 radical (unpaired) electrons. The molecule has 0 saturated heterocycles. The molecule has 3 N–H and O–H groups in total. The van der Waals surface area contributed by atoms with E-state index in [0.29, 0.717) is 17.7 Å². The molecule has 0 aliphatic carbocycles. The van der Waals surface area contributed by atoms with Gasteiger partial charge in [0.2, 0.25) is 6.79 Å². The third-order valence-corrected chi connectivity index (χ3v) is 6.96. The molecule has 0 saturated carbocycles. The van der Waals surface area contributed by atoms with Crippen molar-refractivity contribution in [1.82, 2.24) is 24.6 Å². The van der Waals surface area contributed by atoms with Crippen LogP contribution in [0.25, 0.3) is 11.2 Å². The Morgan fingerprint density at radius 3 is 2.58 bits per heavy atom. The summed E-state index contributed by atoms with van der Waals surface area (Å²) in [6, 6.07) is -0.967. The van der Waals surface area contributed by atoms with Gasteiger partial charge in [-0.1, -0.05) is 26.2 Å². The van der Waals surface area contributed by atoms with E-state index in [-0.39, 0.29) is 12.4 Å². The maximum atomic E-state index is 13.6.